The van der Waals surface area contributed by atoms with Gasteiger partial charge in [0.1, 0.15) is 18.0 Å². The summed E-state index contributed by atoms with van der Waals surface area (Å²) in [5.74, 6) is -0.347. The fourth-order valence-electron chi connectivity index (χ4n) is 1.97. The summed E-state index contributed by atoms with van der Waals surface area (Å²) in [6, 6.07) is 11.5. The van der Waals surface area contributed by atoms with Gasteiger partial charge in [-0.2, -0.15) is 10.5 Å². The van der Waals surface area contributed by atoms with E-state index < -0.39 is 0 Å². The van der Waals surface area contributed by atoms with Crippen LogP contribution in [0.2, 0.25) is 0 Å². The van der Waals surface area contributed by atoms with Crippen molar-refractivity contribution in [2.24, 2.45) is 0 Å². The Morgan fingerprint density at radius 2 is 1.63 bits per heavy atom. The predicted molar refractivity (Wildman–Crippen MR) is 70.4 cm³/mol. The molecule has 2 N–H and O–H groups in total. The molecule has 0 aromatic heterocycles. The van der Waals surface area contributed by atoms with Gasteiger partial charge in [0.2, 0.25) is 0 Å². The SMILES string of the molecule is Cc1cc(-c2ccc(F)cc2)c(C#N)c(N)c1C#N. The van der Waals surface area contributed by atoms with Crippen molar-refractivity contribution < 1.29 is 4.39 Å². The van der Waals surface area contributed by atoms with E-state index in [-0.39, 0.29) is 17.1 Å². The molecule has 0 aliphatic rings. The third-order valence-corrected chi connectivity index (χ3v) is 2.94. The summed E-state index contributed by atoms with van der Waals surface area (Å²) in [7, 11) is 0. The molecule has 0 fully saturated rings. The summed E-state index contributed by atoms with van der Waals surface area (Å²) in [5.41, 5.74) is 8.57. The number of benzene rings is 2. The minimum absolute atomic E-state index is 0.171. The number of hydrogen-bond acceptors (Lipinski definition) is 3. The summed E-state index contributed by atoms with van der Waals surface area (Å²) >= 11 is 0. The van der Waals surface area contributed by atoms with Crippen molar-refractivity contribution >= 4 is 5.69 Å². The van der Waals surface area contributed by atoms with Crippen LogP contribution in [0.4, 0.5) is 10.1 Å². The highest BCUT2D eigenvalue weighted by atomic mass is 19.1. The molecule has 0 unspecified atom stereocenters. The zero-order valence-corrected chi connectivity index (χ0v) is 10.2. The van der Waals surface area contributed by atoms with E-state index in [0.717, 1.165) is 0 Å². The summed E-state index contributed by atoms with van der Waals surface area (Å²) < 4.78 is 12.9. The van der Waals surface area contributed by atoms with Crippen LogP contribution < -0.4 is 5.73 Å². The Morgan fingerprint density at radius 3 is 2.16 bits per heavy atom. The lowest BCUT2D eigenvalue weighted by Gasteiger charge is -2.11. The maximum atomic E-state index is 12.9. The first-order valence-electron chi connectivity index (χ1n) is 5.57. The van der Waals surface area contributed by atoms with Crippen molar-refractivity contribution in [1.82, 2.24) is 0 Å². The fraction of sp³-hybridized carbons (Fsp3) is 0.0667. The zero-order valence-electron chi connectivity index (χ0n) is 10.2. The summed E-state index contributed by atoms with van der Waals surface area (Å²) in [4.78, 5) is 0. The van der Waals surface area contributed by atoms with E-state index >= 15 is 0 Å². The molecule has 4 heteroatoms. The van der Waals surface area contributed by atoms with Crippen molar-refractivity contribution in [2.75, 3.05) is 5.73 Å². The number of aryl methyl sites for hydroxylation is 1. The van der Waals surface area contributed by atoms with Gasteiger partial charge in [-0.15, -0.1) is 0 Å². The molecule has 2 aromatic carbocycles. The summed E-state index contributed by atoms with van der Waals surface area (Å²) in [6.45, 7) is 1.75. The maximum Gasteiger partial charge on any atom is 0.123 e. The van der Waals surface area contributed by atoms with E-state index in [1.165, 1.54) is 12.1 Å². The van der Waals surface area contributed by atoms with Crippen molar-refractivity contribution in [3.63, 3.8) is 0 Å². The van der Waals surface area contributed by atoms with Crippen molar-refractivity contribution in [2.45, 2.75) is 6.92 Å². The van der Waals surface area contributed by atoms with Gasteiger partial charge in [0.25, 0.3) is 0 Å². The number of halogens is 1. The van der Waals surface area contributed by atoms with E-state index in [1.807, 2.05) is 12.1 Å². The number of nitrogen functional groups attached to an aromatic ring is 1. The summed E-state index contributed by atoms with van der Waals surface area (Å²) in [5, 5.41) is 18.2. The van der Waals surface area contributed by atoms with E-state index in [0.29, 0.717) is 22.3 Å². The molecule has 2 rings (SSSR count). The molecular weight excluding hydrogens is 241 g/mol. The minimum Gasteiger partial charge on any atom is -0.397 e. The van der Waals surface area contributed by atoms with Gasteiger partial charge in [-0.25, -0.2) is 4.39 Å². The fourth-order valence-corrected chi connectivity index (χ4v) is 1.97. The predicted octanol–water partition coefficient (Wildman–Crippen LogP) is 3.13. The second kappa shape index (κ2) is 4.80. The third-order valence-electron chi connectivity index (χ3n) is 2.94. The highest BCUT2D eigenvalue weighted by Gasteiger charge is 2.15. The van der Waals surface area contributed by atoms with Crippen LogP contribution >= 0.6 is 0 Å². The average Bonchev–Trinajstić information content (AvgIpc) is 2.39. The van der Waals surface area contributed by atoms with Gasteiger partial charge >= 0.3 is 0 Å². The molecule has 3 nitrogen and oxygen atoms in total. The van der Waals surface area contributed by atoms with E-state index in [2.05, 4.69) is 0 Å². The Labute approximate surface area is 110 Å². The first-order valence-corrected chi connectivity index (χ1v) is 5.57. The van der Waals surface area contributed by atoms with Crippen molar-refractivity contribution in [3.8, 4) is 23.3 Å². The van der Waals surface area contributed by atoms with Crippen LogP contribution in [0.25, 0.3) is 11.1 Å². The van der Waals surface area contributed by atoms with Crippen LogP contribution in [-0.2, 0) is 0 Å². The molecule has 0 heterocycles. The molecule has 0 saturated carbocycles. The smallest absolute Gasteiger partial charge is 0.123 e. The Balaban J connectivity index is 2.75. The standard InChI is InChI=1S/C15H10FN3/c1-9-6-12(10-2-4-11(16)5-3-10)14(8-18)15(19)13(9)7-17/h2-6H,19H2,1H3. The second-order valence-electron chi connectivity index (χ2n) is 4.14. The van der Waals surface area contributed by atoms with Crippen LogP contribution in [0.15, 0.2) is 30.3 Å². The minimum atomic E-state index is -0.347. The number of hydrogen-bond donors (Lipinski definition) is 1. The quantitative estimate of drug-likeness (QED) is 0.791. The molecule has 0 spiro atoms. The van der Waals surface area contributed by atoms with Crippen LogP contribution in [-0.4, -0.2) is 0 Å². The molecule has 0 aliphatic carbocycles. The Morgan fingerprint density at radius 1 is 1.05 bits per heavy atom. The van der Waals surface area contributed by atoms with E-state index in [1.54, 1.807) is 25.1 Å². The molecule has 0 saturated heterocycles. The number of nitrogens with two attached hydrogens (primary N) is 1. The second-order valence-corrected chi connectivity index (χ2v) is 4.14. The van der Waals surface area contributed by atoms with Crippen LogP contribution in [0, 0.1) is 35.4 Å². The average molecular weight is 251 g/mol. The molecule has 0 bridgehead atoms. The van der Waals surface area contributed by atoms with Crippen molar-refractivity contribution in [3.05, 3.63) is 52.8 Å². The highest BCUT2D eigenvalue weighted by Crippen LogP contribution is 2.31. The zero-order chi connectivity index (χ0) is 14.0. The molecule has 19 heavy (non-hydrogen) atoms. The van der Waals surface area contributed by atoms with Gasteiger partial charge in [0.05, 0.1) is 16.8 Å². The molecule has 0 radical (unpaired) electrons. The first kappa shape index (κ1) is 12.6. The molecule has 0 atom stereocenters. The molecular formula is C15H10FN3. The van der Waals surface area contributed by atoms with E-state index in [9.17, 15) is 9.65 Å². The lowest BCUT2D eigenvalue weighted by Crippen LogP contribution is -2.00. The van der Waals surface area contributed by atoms with Gasteiger partial charge in [0.15, 0.2) is 0 Å². The number of anilines is 1. The number of rotatable bonds is 1. The Kier molecular flexibility index (Phi) is 3.18. The molecule has 92 valence electrons. The Hall–Kier alpha value is -2.85. The highest BCUT2D eigenvalue weighted by molar-refractivity contribution is 5.81. The van der Waals surface area contributed by atoms with Gasteiger partial charge in [0, 0.05) is 5.56 Å². The monoisotopic (exact) mass is 251 g/mol. The van der Waals surface area contributed by atoms with Gasteiger partial charge in [-0.05, 0) is 36.2 Å². The van der Waals surface area contributed by atoms with Gasteiger partial charge in [-0.3, -0.25) is 0 Å². The van der Waals surface area contributed by atoms with Crippen LogP contribution in [0.1, 0.15) is 16.7 Å². The topological polar surface area (TPSA) is 73.6 Å². The molecule has 0 aliphatic heterocycles. The summed E-state index contributed by atoms with van der Waals surface area (Å²) in [6.07, 6.45) is 0. The lowest BCUT2D eigenvalue weighted by atomic mass is 9.93. The Bertz CT molecular complexity index is 719. The van der Waals surface area contributed by atoms with Gasteiger partial charge < -0.3 is 5.73 Å². The number of nitrogens with zero attached hydrogens (tertiary/aromatic N) is 2. The van der Waals surface area contributed by atoms with Crippen LogP contribution in [0.5, 0.6) is 0 Å². The first-order chi connectivity index (χ1) is 9.08. The van der Waals surface area contributed by atoms with E-state index in [4.69, 9.17) is 11.0 Å². The third kappa shape index (κ3) is 2.12. The lowest BCUT2D eigenvalue weighted by molar-refractivity contribution is 0.628. The molecule has 2 aromatic rings. The maximum absolute atomic E-state index is 12.9. The largest absolute Gasteiger partial charge is 0.397 e. The van der Waals surface area contributed by atoms with Crippen LogP contribution in [0.3, 0.4) is 0 Å². The number of nitriles is 2. The molecule has 0 amide bonds. The van der Waals surface area contributed by atoms with Crippen molar-refractivity contribution in [1.29, 1.82) is 10.5 Å². The normalized spacial score (nSPS) is 9.68. The van der Waals surface area contributed by atoms with Gasteiger partial charge in [-0.1, -0.05) is 12.1 Å².